The van der Waals surface area contributed by atoms with E-state index in [1.165, 1.54) is 13.2 Å². The number of anilines is 1. The molecule has 2 atom stereocenters. The molecule has 2 rings (SSSR count). The van der Waals surface area contributed by atoms with Gasteiger partial charge < -0.3 is 21.5 Å². The Morgan fingerprint density at radius 2 is 1.96 bits per heavy atom. The molecule has 4 nitrogen and oxygen atoms in total. The SMILES string of the molecule is COc1ccc(C/C(=C/C(N)C(C)N)Nc2ccc(Cl)cc2Cl)cc1F. The minimum Gasteiger partial charge on any atom is -0.494 e. The van der Waals surface area contributed by atoms with Gasteiger partial charge in [0.05, 0.1) is 17.8 Å². The van der Waals surface area contributed by atoms with Crippen LogP contribution in [-0.4, -0.2) is 19.2 Å². The largest absolute Gasteiger partial charge is 0.494 e. The number of methoxy groups -OCH3 is 1. The predicted molar refractivity (Wildman–Crippen MR) is 106 cm³/mol. The molecular weight excluding hydrogens is 376 g/mol. The van der Waals surface area contributed by atoms with E-state index in [1.807, 2.05) is 13.0 Å². The van der Waals surface area contributed by atoms with Crippen LogP contribution in [0.1, 0.15) is 12.5 Å². The van der Waals surface area contributed by atoms with Crippen molar-refractivity contribution in [2.75, 3.05) is 12.4 Å². The molecule has 0 heterocycles. The van der Waals surface area contributed by atoms with Crippen LogP contribution in [0.4, 0.5) is 10.1 Å². The number of halogens is 3. The molecule has 0 aliphatic rings. The molecule has 0 fully saturated rings. The van der Waals surface area contributed by atoms with E-state index < -0.39 is 5.82 Å². The van der Waals surface area contributed by atoms with Crippen LogP contribution in [0.2, 0.25) is 10.0 Å². The van der Waals surface area contributed by atoms with Crippen molar-refractivity contribution < 1.29 is 9.13 Å². The van der Waals surface area contributed by atoms with Crippen LogP contribution in [-0.2, 0) is 6.42 Å². The fourth-order valence-electron chi connectivity index (χ4n) is 2.33. The van der Waals surface area contributed by atoms with E-state index >= 15 is 0 Å². The fraction of sp³-hybridized carbons (Fsp3) is 0.263. The Bertz CT molecular complexity index is 796. The van der Waals surface area contributed by atoms with Gasteiger partial charge >= 0.3 is 0 Å². The molecule has 5 N–H and O–H groups in total. The lowest BCUT2D eigenvalue weighted by molar-refractivity contribution is 0.386. The van der Waals surface area contributed by atoms with Gasteiger partial charge in [0.1, 0.15) is 0 Å². The number of ether oxygens (including phenoxy) is 1. The highest BCUT2D eigenvalue weighted by Crippen LogP contribution is 2.27. The number of hydrogen-bond acceptors (Lipinski definition) is 4. The van der Waals surface area contributed by atoms with Gasteiger partial charge in [-0.05, 0) is 48.9 Å². The maximum absolute atomic E-state index is 14.0. The third kappa shape index (κ3) is 5.61. The second kappa shape index (κ2) is 9.24. The number of hydrogen-bond donors (Lipinski definition) is 3. The van der Waals surface area contributed by atoms with Gasteiger partial charge in [-0.1, -0.05) is 29.3 Å². The second-order valence-corrected chi connectivity index (χ2v) is 6.87. The van der Waals surface area contributed by atoms with Crippen molar-refractivity contribution in [2.24, 2.45) is 11.5 Å². The van der Waals surface area contributed by atoms with E-state index in [9.17, 15) is 4.39 Å². The lowest BCUT2D eigenvalue weighted by atomic mass is 10.0. The summed E-state index contributed by atoms with van der Waals surface area (Å²) >= 11 is 12.2. The van der Waals surface area contributed by atoms with Gasteiger partial charge in [0, 0.05) is 29.2 Å². The van der Waals surface area contributed by atoms with Gasteiger partial charge in [-0.3, -0.25) is 0 Å². The van der Waals surface area contributed by atoms with Crippen molar-refractivity contribution in [2.45, 2.75) is 25.4 Å². The maximum atomic E-state index is 14.0. The van der Waals surface area contributed by atoms with Crippen molar-refractivity contribution >= 4 is 28.9 Å². The van der Waals surface area contributed by atoms with Gasteiger partial charge in [-0.25, -0.2) is 4.39 Å². The van der Waals surface area contributed by atoms with Crippen LogP contribution < -0.4 is 21.5 Å². The molecule has 0 aliphatic carbocycles. The van der Waals surface area contributed by atoms with E-state index in [4.69, 9.17) is 39.4 Å². The van der Waals surface area contributed by atoms with E-state index in [0.29, 0.717) is 22.2 Å². The van der Waals surface area contributed by atoms with Crippen LogP contribution in [0.5, 0.6) is 5.75 Å². The highest BCUT2D eigenvalue weighted by molar-refractivity contribution is 6.36. The van der Waals surface area contributed by atoms with Crippen LogP contribution in [0.25, 0.3) is 0 Å². The van der Waals surface area contributed by atoms with Gasteiger partial charge in [0.15, 0.2) is 11.6 Å². The molecule has 0 bridgehead atoms. The first kappa shape index (κ1) is 20.5. The molecular formula is C19H22Cl2FN3O. The summed E-state index contributed by atoms with van der Waals surface area (Å²) in [5.41, 5.74) is 14.1. The topological polar surface area (TPSA) is 73.3 Å². The molecule has 2 aromatic carbocycles. The summed E-state index contributed by atoms with van der Waals surface area (Å²) in [5, 5.41) is 4.25. The second-order valence-electron chi connectivity index (χ2n) is 6.02. The summed E-state index contributed by atoms with van der Waals surface area (Å²) in [6, 6.07) is 9.33. The van der Waals surface area contributed by atoms with Crippen molar-refractivity contribution in [1.82, 2.24) is 0 Å². The van der Waals surface area contributed by atoms with Crippen molar-refractivity contribution in [1.29, 1.82) is 0 Å². The minimum atomic E-state index is -0.426. The summed E-state index contributed by atoms with van der Waals surface area (Å²) in [4.78, 5) is 0. The molecule has 0 radical (unpaired) electrons. The molecule has 0 aliphatic heterocycles. The molecule has 0 saturated heterocycles. The third-order valence-corrected chi connectivity index (χ3v) is 4.39. The van der Waals surface area contributed by atoms with Crippen LogP contribution in [0.3, 0.4) is 0 Å². The number of allylic oxidation sites excluding steroid dienone is 1. The average molecular weight is 398 g/mol. The van der Waals surface area contributed by atoms with E-state index in [0.717, 1.165) is 11.3 Å². The van der Waals surface area contributed by atoms with Gasteiger partial charge in [0.2, 0.25) is 0 Å². The summed E-state index contributed by atoms with van der Waals surface area (Å²) < 4.78 is 18.9. The highest BCUT2D eigenvalue weighted by Gasteiger charge is 2.11. The Morgan fingerprint density at radius 3 is 2.54 bits per heavy atom. The van der Waals surface area contributed by atoms with E-state index in [2.05, 4.69) is 5.32 Å². The summed E-state index contributed by atoms with van der Waals surface area (Å²) in [7, 11) is 1.43. The minimum absolute atomic E-state index is 0.195. The molecule has 0 aromatic heterocycles. The molecule has 26 heavy (non-hydrogen) atoms. The normalized spacial score (nSPS) is 14.0. The Kier molecular flexibility index (Phi) is 7.29. The molecule has 140 valence electrons. The number of nitrogens with two attached hydrogens (primary N) is 2. The monoisotopic (exact) mass is 397 g/mol. The average Bonchev–Trinajstić information content (AvgIpc) is 2.57. The Labute approximate surface area is 162 Å². The van der Waals surface area contributed by atoms with E-state index in [-0.39, 0.29) is 17.8 Å². The van der Waals surface area contributed by atoms with Crippen LogP contribution >= 0.6 is 23.2 Å². The molecule has 0 amide bonds. The fourth-order valence-corrected chi connectivity index (χ4v) is 2.79. The van der Waals surface area contributed by atoms with Crippen LogP contribution in [0, 0.1) is 5.82 Å². The number of rotatable bonds is 7. The zero-order chi connectivity index (χ0) is 19.3. The van der Waals surface area contributed by atoms with Gasteiger partial charge in [0.25, 0.3) is 0 Å². The van der Waals surface area contributed by atoms with E-state index in [1.54, 1.807) is 30.3 Å². The first-order valence-corrected chi connectivity index (χ1v) is 8.82. The van der Waals surface area contributed by atoms with Crippen molar-refractivity contribution in [3.8, 4) is 5.75 Å². The zero-order valence-corrected chi connectivity index (χ0v) is 16.1. The lowest BCUT2D eigenvalue weighted by Crippen LogP contribution is -2.37. The number of nitrogens with one attached hydrogen (secondary N) is 1. The number of benzene rings is 2. The summed E-state index contributed by atoms with van der Waals surface area (Å²) in [6.07, 6.45) is 2.23. The predicted octanol–water partition coefficient (Wildman–Crippen LogP) is 4.35. The Hall–Kier alpha value is -1.79. The molecule has 7 heteroatoms. The standard InChI is InChI=1S/C19H22Cl2FN3O/c1-11(23)17(24)10-14(25-18-5-4-13(20)9-15(18)21)7-12-3-6-19(26-2)16(22)8-12/h3-6,8-11,17,25H,7,23-24H2,1-2H3/b14-10-. The first-order valence-electron chi connectivity index (χ1n) is 8.06. The molecule has 2 unspecified atom stereocenters. The Balaban J connectivity index is 2.30. The zero-order valence-electron chi connectivity index (χ0n) is 14.6. The van der Waals surface area contributed by atoms with Gasteiger partial charge in [-0.2, -0.15) is 0 Å². The van der Waals surface area contributed by atoms with Crippen molar-refractivity contribution in [3.05, 3.63) is 69.6 Å². The maximum Gasteiger partial charge on any atom is 0.165 e. The molecule has 2 aromatic rings. The van der Waals surface area contributed by atoms with Gasteiger partial charge in [-0.15, -0.1) is 0 Å². The summed E-state index contributed by atoms with van der Waals surface area (Å²) in [6.45, 7) is 1.82. The highest BCUT2D eigenvalue weighted by atomic mass is 35.5. The van der Waals surface area contributed by atoms with Crippen LogP contribution in [0.15, 0.2) is 48.2 Å². The smallest absolute Gasteiger partial charge is 0.165 e. The quantitative estimate of drug-likeness (QED) is 0.648. The first-order chi connectivity index (χ1) is 12.3. The summed E-state index contributed by atoms with van der Waals surface area (Å²) in [5.74, 6) is -0.231. The molecule has 0 saturated carbocycles. The molecule has 0 spiro atoms. The Morgan fingerprint density at radius 1 is 1.23 bits per heavy atom. The third-order valence-electron chi connectivity index (χ3n) is 3.84. The lowest BCUT2D eigenvalue weighted by Gasteiger charge is -2.18. The van der Waals surface area contributed by atoms with Crippen molar-refractivity contribution in [3.63, 3.8) is 0 Å².